The van der Waals surface area contributed by atoms with Crippen molar-refractivity contribution in [1.82, 2.24) is 20.4 Å². The summed E-state index contributed by atoms with van der Waals surface area (Å²) in [4.78, 5) is 26.7. The minimum atomic E-state index is -0.108. The molecule has 0 bridgehead atoms. The van der Waals surface area contributed by atoms with Crippen molar-refractivity contribution in [2.75, 3.05) is 52.9 Å². The lowest BCUT2D eigenvalue weighted by Gasteiger charge is -2.28. The van der Waals surface area contributed by atoms with Crippen molar-refractivity contribution >= 4 is 11.8 Å². The van der Waals surface area contributed by atoms with Gasteiger partial charge in [0.25, 0.3) is 0 Å². The Hall–Kier alpha value is -1.14. The van der Waals surface area contributed by atoms with Gasteiger partial charge in [0.05, 0.1) is 13.1 Å². The van der Waals surface area contributed by atoms with Gasteiger partial charge < -0.3 is 15.5 Å². The molecule has 1 rings (SSSR count). The molecule has 1 heterocycles. The maximum atomic E-state index is 11.8. The predicted octanol–water partition coefficient (Wildman–Crippen LogP) is -1.51. The summed E-state index contributed by atoms with van der Waals surface area (Å²) in [7, 11) is 1.67. The maximum absolute atomic E-state index is 11.8. The summed E-state index contributed by atoms with van der Waals surface area (Å²) >= 11 is 0. The van der Waals surface area contributed by atoms with E-state index >= 15 is 0 Å². The zero-order valence-electron chi connectivity index (χ0n) is 10.7. The highest BCUT2D eigenvalue weighted by Gasteiger charge is 2.17. The van der Waals surface area contributed by atoms with Gasteiger partial charge in [-0.05, 0) is 6.92 Å². The van der Waals surface area contributed by atoms with Crippen molar-refractivity contribution < 1.29 is 9.59 Å². The molecule has 0 aliphatic carbocycles. The molecule has 0 spiro atoms. The lowest BCUT2D eigenvalue weighted by Crippen LogP contribution is -2.49. The second-order valence-electron chi connectivity index (χ2n) is 4.23. The number of rotatable bonds is 5. The van der Waals surface area contributed by atoms with E-state index in [1.54, 1.807) is 7.05 Å². The zero-order chi connectivity index (χ0) is 12.7. The average Bonchev–Trinajstić information content (AvgIpc) is 2.30. The van der Waals surface area contributed by atoms with Crippen molar-refractivity contribution in [1.29, 1.82) is 0 Å². The monoisotopic (exact) mass is 242 g/mol. The van der Waals surface area contributed by atoms with Gasteiger partial charge in [0.1, 0.15) is 0 Å². The number of likely N-dealkylation sites (N-methyl/N-ethyl adjacent to an activating group) is 2. The van der Waals surface area contributed by atoms with E-state index in [9.17, 15) is 9.59 Å². The molecule has 0 aromatic carbocycles. The highest BCUT2D eigenvalue weighted by molar-refractivity contribution is 5.85. The normalized spacial score (nSPS) is 16.6. The van der Waals surface area contributed by atoms with Gasteiger partial charge >= 0.3 is 0 Å². The number of piperazine rings is 1. The van der Waals surface area contributed by atoms with Crippen LogP contribution in [0.3, 0.4) is 0 Å². The Morgan fingerprint density at radius 1 is 1.35 bits per heavy atom. The van der Waals surface area contributed by atoms with Crippen LogP contribution in [0.15, 0.2) is 0 Å². The van der Waals surface area contributed by atoms with Crippen LogP contribution in [0.2, 0.25) is 0 Å². The first-order chi connectivity index (χ1) is 8.13. The zero-order valence-corrected chi connectivity index (χ0v) is 10.7. The van der Waals surface area contributed by atoms with Crippen LogP contribution in [0.5, 0.6) is 0 Å². The summed E-state index contributed by atoms with van der Waals surface area (Å²) in [5, 5.41) is 5.91. The van der Waals surface area contributed by atoms with Gasteiger partial charge in [0.2, 0.25) is 11.8 Å². The van der Waals surface area contributed by atoms with E-state index < -0.39 is 0 Å². The topological polar surface area (TPSA) is 64.7 Å². The standard InChI is InChI=1S/C11H22N4O2/c1-3-13-10(16)8-14(2)11(17)9-15-6-4-12-5-7-15/h12H,3-9H2,1-2H3,(H,13,16). The Balaban J connectivity index is 2.28. The van der Waals surface area contributed by atoms with Crippen LogP contribution < -0.4 is 10.6 Å². The summed E-state index contributed by atoms with van der Waals surface area (Å²) in [5.74, 6) is -0.109. The van der Waals surface area contributed by atoms with Crippen molar-refractivity contribution in [3.8, 4) is 0 Å². The summed E-state index contributed by atoms with van der Waals surface area (Å²) in [6.45, 7) is 6.62. The molecule has 1 aliphatic rings. The molecular weight excluding hydrogens is 220 g/mol. The number of hydrogen-bond donors (Lipinski definition) is 2. The largest absolute Gasteiger partial charge is 0.355 e. The number of hydrogen-bond acceptors (Lipinski definition) is 4. The third kappa shape index (κ3) is 5.14. The van der Waals surface area contributed by atoms with Crippen molar-refractivity contribution in [3.05, 3.63) is 0 Å². The third-order valence-electron chi connectivity index (χ3n) is 2.75. The van der Waals surface area contributed by atoms with E-state index in [1.807, 2.05) is 6.92 Å². The first kappa shape index (κ1) is 13.9. The quantitative estimate of drug-likeness (QED) is 0.615. The van der Waals surface area contributed by atoms with Crippen LogP contribution in [0.25, 0.3) is 0 Å². The second kappa shape index (κ2) is 7.24. The molecule has 0 radical (unpaired) electrons. The van der Waals surface area contributed by atoms with Crippen molar-refractivity contribution in [3.63, 3.8) is 0 Å². The number of carbonyl (C=O) groups is 2. The Kier molecular flexibility index (Phi) is 5.93. The number of nitrogens with zero attached hydrogens (tertiary/aromatic N) is 2. The van der Waals surface area contributed by atoms with Crippen molar-refractivity contribution in [2.24, 2.45) is 0 Å². The van der Waals surface area contributed by atoms with E-state index in [2.05, 4.69) is 15.5 Å². The highest BCUT2D eigenvalue weighted by Crippen LogP contribution is 1.94. The SMILES string of the molecule is CCNC(=O)CN(C)C(=O)CN1CCNCC1. The third-order valence-corrected chi connectivity index (χ3v) is 2.75. The fourth-order valence-corrected chi connectivity index (χ4v) is 1.74. The number of nitrogens with one attached hydrogen (secondary N) is 2. The summed E-state index contributed by atoms with van der Waals surface area (Å²) in [6, 6.07) is 0. The Labute approximate surface area is 102 Å². The summed E-state index contributed by atoms with van der Waals surface area (Å²) in [6.07, 6.45) is 0. The molecule has 1 fully saturated rings. The minimum absolute atomic E-state index is 0.00171. The Morgan fingerprint density at radius 3 is 2.59 bits per heavy atom. The minimum Gasteiger partial charge on any atom is -0.355 e. The fraction of sp³-hybridized carbons (Fsp3) is 0.818. The maximum Gasteiger partial charge on any atom is 0.239 e. The summed E-state index contributed by atoms with van der Waals surface area (Å²) < 4.78 is 0. The van der Waals surface area contributed by atoms with Gasteiger partial charge in [-0.3, -0.25) is 14.5 Å². The van der Waals surface area contributed by atoms with Gasteiger partial charge in [0.15, 0.2) is 0 Å². The number of carbonyl (C=O) groups excluding carboxylic acids is 2. The first-order valence-corrected chi connectivity index (χ1v) is 6.07. The average molecular weight is 242 g/mol. The molecule has 0 aromatic rings. The number of amides is 2. The van der Waals surface area contributed by atoms with Gasteiger partial charge in [-0.25, -0.2) is 0 Å². The molecule has 0 atom stereocenters. The molecule has 17 heavy (non-hydrogen) atoms. The van der Waals surface area contributed by atoms with Crippen molar-refractivity contribution in [2.45, 2.75) is 6.92 Å². The van der Waals surface area contributed by atoms with Crippen LogP contribution in [-0.2, 0) is 9.59 Å². The van der Waals surface area contributed by atoms with Crippen LogP contribution in [0, 0.1) is 0 Å². The molecule has 1 saturated heterocycles. The van der Waals surface area contributed by atoms with E-state index in [4.69, 9.17) is 0 Å². The molecule has 2 amide bonds. The Bertz CT molecular complexity index is 264. The first-order valence-electron chi connectivity index (χ1n) is 6.07. The molecule has 0 saturated carbocycles. The second-order valence-corrected chi connectivity index (χ2v) is 4.23. The van der Waals surface area contributed by atoms with E-state index in [1.165, 1.54) is 4.90 Å². The molecule has 98 valence electrons. The van der Waals surface area contributed by atoms with Crippen LogP contribution >= 0.6 is 0 Å². The van der Waals surface area contributed by atoms with E-state index in [0.717, 1.165) is 26.2 Å². The molecule has 0 unspecified atom stereocenters. The van der Waals surface area contributed by atoms with E-state index in [-0.39, 0.29) is 18.4 Å². The molecule has 2 N–H and O–H groups in total. The molecular formula is C11H22N4O2. The van der Waals surface area contributed by atoms with Gasteiger partial charge in [-0.15, -0.1) is 0 Å². The molecule has 0 aromatic heterocycles. The van der Waals surface area contributed by atoms with E-state index in [0.29, 0.717) is 13.1 Å². The van der Waals surface area contributed by atoms with Gasteiger partial charge in [-0.1, -0.05) is 0 Å². The fourth-order valence-electron chi connectivity index (χ4n) is 1.74. The highest BCUT2D eigenvalue weighted by atomic mass is 16.2. The molecule has 1 aliphatic heterocycles. The lowest BCUT2D eigenvalue weighted by atomic mass is 10.3. The molecule has 6 nitrogen and oxygen atoms in total. The van der Waals surface area contributed by atoms with Gasteiger partial charge in [0, 0.05) is 39.8 Å². The van der Waals surface area contributed by atoms with Crippen LogP contribution in [0.1, 0.15) is 6.92 Å². The molecule has 6 heteroatoms. The Morgan fingerprint density at radius 2 is 2.00 bits per heavy atom. The smallest absolute Gasteiger partial charge is 0.239 e. The van der Waals surface area contributed by atoms with Crippen LogP contribution in [-0.4, -0.2) is 74.5 Å². The predicted molar refractivity (Wildman–Crippen MR) is 65.6 cm³/mol. The van der Waals surface area contributed by atoms with Gasteiger partial charge in [-0.2, -0.15) is 0 Å². The van der Waals surface area contributed by atoms with Crippen LogP contribution in [0.4, 0.5) is 0 Å². The lowest BCUT2D eigenvalue weighted by molar-refractivity contribution is -0.135. The summed E-state index contributed by atoms with van der Waals surface area (Å²) in [5.41, 5.74) is 0.